The Bertz CT molecular complexity index is 178. The smallest absolute Gasteiger partial charge is 0.0199 e. The van der Waals surface area contributed by atoms with Gasteiger partial charge in [0.05, 0.1) is 0 Å². The highest BCUT2D eigenvalue weighted by atomic mass is 15.3. The van der Waals surface area contributed by atoms with E-state index in [0.717, 1.165) is 26.2 Å². The molecule has 0 aromatic heterocycles. The van der Waals surface area contributed by atoms with Crippen LogP contribution in [0.25, 0.3) is 0 Å². The minimum atomic E-state index is 0.629. The van der Waals surface area contributed by atoms with Crippen molar-refractivity contribution in [3.8, 4) is 0 Å². The highest BCUT2D eigenvalue weighted by Crippen LogP contribution is 2.14. The Kier molecular flexibility index (Phi) is 4.36. The van der Waals surface area contributed by atoms with Gasteiger partial charge in [-0.15, -0.1) is 13.2 Å². The van der Waals surface area contributed by atoms with Crippen LogP contribution in [0.4, 0.5) is 0 Å². The summed E-state index contributed by atoms with van der Waals surface area (Å²) >= 11 is 0. The van der Waals surface area contributed by atoms with Crippen LogP contribution in [0, 0.1) is 0 Å². The quantitative estimate of drug-likeness (QED) is 0.629. The first-order valence-corrected chi connectivity index (χ1v) is 5.39. The number of rotatable bonds is 4. The van der Waals surface area contributed by atoms with Gasteiger partial charge in [-0.3, -0.25) is 9.80 Å². The van der Waals surface area contributed by atoms with E-state index in [1.54, 1.807) is 0 Å². The van der Waals surface area contributed by atoms with Crippen LogP contribution < -0.4 is 0 Å². The molecule has 2 heteroatoms. The SMILES string of the molecule is C=CCN1C[C@H](C)N(CC=C)C[C@H]1C. The predicted octanol–water partition coefficient (Wildman–Crippen LogP) is 1.75. The van der Waals surface area contributed by atoms with E-state index in [4.69, 9.17) is 0 Å². The summed E-state index contributed by atoms with van der Waals surface area (Å²) in [4.78, 5) is 4.97. The first-order chi connectivity index (χ1) is 6.69. The van der Waals surface area contributed by atoms with Gasteiger partial charge in [-0.2, -0.15) is 0 Å². The fourth-order valence-electron chi connectivity index (χ4n) is 2.11. The maximum atomic E-state index is 3.80. The molecule has 0 aliphatic carbocycles. The largest absolute Gasteiger partial charge is 0.294 e. The Balaban J connectivity index is 2.51. The molecular formula is C12H22N2. The maximum Gasteiger partial charge on any atom is 0.0199 e. The van der Waals surface area contributed by atoms with Gasteiger partial charge in [-0.25, -0.2) is 0 Å². The average Bonchev–Trinajstić information content (AvgIpc) is 2.14. The third kappa shape index (κ3) is 2.69. The highest BCUT2D eigenvalue weighted by molar-refractivity contribution is 4.90. The first-order valence-electron chi connectivity index (χ1n) is 5.39. The minimum Gasteiger partial charge on any atom is -0.294 e. The molecule has 0 spiro atoms. The van der Waals surface area contributed by atoms with E-state index in [0.29, 0.717) is 12.1 Å². The molecule has 14 heavy (non-hydrogen) atoms. The molecule has 0 N–H and O–H groups in total. The second kappa shape index (κ2) is 5.32. The Hall–Kier alpha value is -0.600. The Morgan fingerprint density at radius 1 is 1.00 bits per heavy atom. The van der Waals surface area contributed by atoms with Crippen molar-refractivity contribution in [2.75, 3.05) is 26.2 Å². The van der Waals surface area contributed by atoms with E-state index in [-0.39, 0.29) is 0 Å². The van der Waals surface area contributed by atoms with Crippen LogP contribution >= 0.6 is 0 Å². The average molecular weight is 194 g/mol. The van der Waals surface area contributed by atoms with Crippen molar-refractivity contribution in [2.24, 2.45) is 0 Å². The number of nitrogens with zero attached hydrogens (tertiary/aromatic N) is 2. The monoisotopic (exact) mass is 194 g/mol. The normalized spacial score (nSPS) is 30.1. The molecule has 1 aliphatic heterocycles. The summed E-state index contributed by atoms with van der Waals surface area (Å²) in [5.74, 6) is 0. The van der Waals surface area contributed by atoms with Crippen LogP contribution in [0.5, 0.6) is 0 Å². The molecule has 0 radical (unpaired) electrons. The van der Waals surface area contributed by atoms with Crippen LogP contribution in [-0.2, 0) is 0 Å². The van der Waals surface area contributed by atoms with Gasteiger partial charge < -0.3 is 0 Å². The first kappa shape index (κ1) is 11.5. The van der Waals surface area contributed by atoms with Crippen LogP contribution in [0.1, 0.15) is 13.8 Å². The summed E-state index contributed by atoms with van der Waals surface area (Å²) in [6.07, 6.45) is 3.98. The molecule has 2 nitrogen and oxygen atoms in total. The Morgan fingerprint density at radius 3 is 1.64 bits per heavy atom. The van der Waals surface area contributed by atoms with Gasteiger partial charge in [0, 0.05) is 38.3 Å². The van der Waals surface area contributed by atoms with Gasteiger partial charge in [0.2, 0.25) is 0 Å². The zero-order valence-electron chi connectivity index (χ0n) is 9.45. The van der Waals surface area contributed by atoms with Crippen molar-refractivity contribution in [2.45, 2.75) is 25.9 Å². The molecule has 1 saturated heterocycles. The summed E-state index contributed by atoms with van der Waals surface area (Å²) in [6, 6.07) is 1.26. The number of piperazine rings is 1. The van der Waals surface area contributed by atoms with Gasteiger partial charge in [-0.05, 0) is 13.8 Å². The fourth-order valence-corrected chi connectivity index (χ4v) is 2.11. The molecule has 2 atom stereocenters. The lowest BCUT2D eigenvalue weighted by molar-refractivity contribution is 0.0588. The third-order valence-electron chi connectivity index (χ3n) is 2.97. The third-order valence-corrected chi connectivity index (χ3v) is 2.97. The zero-order valence-corrected chi connectivity index (χ0v) is 9.45. The Morgan fingerprint density at radius 2 is 1.36 bits per heavy atom. The maximum absolute atomic E-state index is 3.80. The second-order valence-corrected chi connectivity index (χ2v) is 4.18. The Labute approximate surface area is 87.9 Å². The van der Waals surface area contributed by atoms with Crippen molar-refractivity contribution in [3.63, 3.8) is 0 Å². The molecule has 1 aliphatic rings. The van der Waals surface area contributed by atoms with Gasteiger partial charge in [-0.1, -0.05) is 12.2 Å². The van der Waals surface area contributed by atoms with Crippen LogP contribution in [0.3, 0.4) is 0 Å². The van der Waals surface area contributed by atoms with Crippen LogP contribution in [0.15, 0.2) is 25.3 Å². The van der Waals surface area contributed by atoms with Gasteiger partial charge >= 0.3 is 0 Å². The summed E-state index contributed by atoms with van der Waals surface area (Å²) in [6.45, 7) is 16.5. The van der Waals surface area contributed by atoms with Crippen LogP contribution in [0.2, 0.25) is 0 Å². The van der Waals surface area contributed by atoms with E-state index >= 15 is 0 Å². The zero-order chi connectivity index (χ0) is 10.6. The van der Waals surface area contributed by atoms with Crippen molar-refractivity contribution in [1.29, 1.82) is 0 Å². The van der Waals surface area contributed by atoms with Crippen molar-refractivity contribution >= 4 is 0 Å². The molecule has 80 valence electrons. The van der Waals surface area contributed by atoms with E-state index in [1.807, 2.05) is 12.2 Å². The number of hydrogen-bond donors (Lipinski definition) is 0. The van der Waals surface area contributed by atoms with Crippen LogP contribution in [-0.4, -0.2) is 48.1 Å². The summed E-state index contributed by atoms with van der Waals surface area (Å²) in [7, 11) is 0. The van der Waals surface area contributed by atoms with Crippen molar-refractivity contribution in [3.05, 3.63) is 25.3 Å². The molecule has 0 amide bonds. The molecule has 0 unspecified atom stereocenters. The van der Waals surface area contributed by atoms with Gasteiger partial charge in [0.25, 0.3) is 0 Å². The molecule has 0 bridgehead atoms. The lowest BCUT2D eigenvalue weighted by atomic mass is 10.1. The summed E-state index contributed by atoms with van der Waals surface area (Å²) in [5, 5.41) is 0. The van der Waals surface area contributed by atoms with Gasteiger partial charge in [0.15, 0.2) is 0 Å². The van der Waals surface area contributed by atoms with Crippen molar-refractivity contribution in [1.82, 2.24) is 9.80 Å². The standard InChI is InChI=1S/C12H22N2/c1-5-7-13-9-12(4)14(8-6-2)10-11(13)3/h5-6,11-12H,1-2,7-10H2,3-4H3/t11-,12+. The lowest BCUT2D eigenvalue weighted by Crippen LogP contribution is -2.56. The molecule has 0 saturated carbocycles. The summed E-state index contributed by atoms with van der Waals surface area (Å²) in [5.41, 5.74) is 0. The van der Waals surface area contributed by atoms with E-state index in [9.17, 15) is 0 Å². The molecule has 0 aromatic carbocycles. The fraction of sp³-hybridized carbons (Fsp3) is 0.667. The van der Waals surface area contributed by atoms with E-state index in [2.05, 4.69) is 36.8 Å². The molecule has 1 rings (SSSR count). The number of hydrogen-bond acceptors (Lipinski definition) is 2. The topological polar surface area (TPSA) is 6.48 Å². The van der Waals surface area contributed by atoms with Gasteiger partial charge in [0.1, 0.15) is 0 Å². The van der Waals surface area contributed by atoms with E-state index < -0.39 is 0 Å². The summed E-state index contributed by atoms with van der Waals surface area (Å²) < 4.78 is 0. The van der Waals surface area contributed by atoms with Crippen molar-refractivity contribution < 1.29 is 0 Å². The molecule has 0 aromatic rings. The predicted molar refractivity (Wildman–Crippen MR) is 62.5 cm³/mol. The second-order valence-electron chi connectivity index (χ2n) is 4.18. The van der Waals surface area contributed by atoms with E-state index in [1.165, 1.54) is 0 Å². The minimum absolute atomic E-state index is 0.629. The molecule has 1 fully saturated rings. The lowest BCUT2D eigenvalue weighted by Gasteiger charge is -2.43. The highest BCUT2D eigenvalue weighted by Gasteiger charge is 2.26. The molecular weight excluding hydrogens is 172 g/mol. The molecule has 1 heterocycles.